The Morgan fingerprint density at radius 2 is 2.20 bits per heavy atom. The van der Waals surface area contributed by atoms with Crippen LogP contribution in [0.15, 0.2) is 18.2 Å². The van der Waals surface area contributed by atoms with Crippen molar-refractivity contribution in [2.45, 2.75) is 19.3 Å². The molecule has 0 fully saturated rings. The Bertz CT molecular complexity index is 450. The molecule has 0 radical (unpaired) electrons. The van der Waals surface area contributed by atoms with E-state index in [4.69, 9.17) is 17.3 Å². The van der Waals surface area contributed by atoms with Crippen molar-refractivity contribution >= 4 is 22.5 Å². The summed E-state index contributed by atoms with van der Waals surface area (Å²) >= 11 is 5.92. The number of H-pyrrole nitrogens is 1. The Balaban J connectivity index is 2.16. The molecule has 2 rings (SSSR count). The van der Waals surface area contributed by atoms with Crippen LogP contribution in [0.5, 0.6) is 0 Å². The molecule has 0 unspecified atom stereocenters. The molecule has 0 spiro atoms. The fourth-order valence-electron chi connectivity index (χ4n) is 1.65. The van der Waals surface area contributed by atoms with E-state index in [-0.39, 0.29) is 0 Å². The molecule has 15 heavy (non-hydrogen) atoms. The summed E-state index contributed by atoms with van der Waals surface area (Å²) < 4.78 is 0. The fraction of sp³-hybridized carbons (Fsp3) is 0.364. The number of rotatable bonds is 4. The third-order valence-corrected chi connectivity index (χ3v) is 2.78. The van der Waals surface area contributed by atoms with Crippen LogP contribution in [0.1, 0.15) is 18.4 Å². The van der Waals surface area contributed by atoms with Crippen molar-refractivity contribution in [3.05, 3.63) is 28.9 Å². The van der Waals surface area contributed by atoms with Crippen molar-refractivity contribution in [3.8, 4) is 0 Å². The standard InChI is InChI=1S/C11H14ClN3/c12-11-9-5-4-8(3-1-2-6-13)7-10(9)14-15-11/h4-5,7H,1-3,6,13H2,(H,14,15). The highest BCUT2D eigenvalue weighted by Gasteiger charge is 2.03. The molecule has 80 valence electrons. The molecule has 3 nitrogen and oxygen atoms in total. The second-order valence-electron chi connectivity index (χ2n) is 3.63. The van der Waals surface area contributed by atoms with Gasteiger partial charge in [0.2, 0.25) is 0 Å². The van der Waals surface area contributed by atoms with Crippen molar-refractivity contribution in [1.29, 1.82) is 0 Å². The second-order valence-corrected chi connectivity index (χ2v) is 4.01. The fourth-order valence-corrected chi connectivity index (χ4v) is 1.86. The van der Waals surface area contributed by atoms with Crippen LogP contribution in [-0.2, 0) is 6.42 Å². The van der Waals surface area contributed by atoms with Gasteiger partial charge in [-0.05, 0) is 43.5 Å². The van der Waals surface area contributed by atoms with Crippen LogP contribution in [0.25, 0.3) is 10.9 Å². The van der Waals surface area contributed by atoms with E-state index in [9.17, 15) is 0 Å². The molecule has 0 atom stereocenters. The van der Waals surface area contributed by atoms with Crippen LogP contribution in [0, 0.1) is 0 Å². The Labute approximate surface area is 93.6 Å². The maximum absolute atomic E-state index is 5.92. The van der Waals surface area contributed by atoms with Gasteiger partial charge in [-0.2, -0.15) is 5.10 Å². The van der Waals surface area contributed by atoms with E-state index in [2.05, 4.69) is 22.3 Å². The maximum atomic E-state index is 5.92. The Hall–Kier alpha value is -1.06. The zero-order valence-corrected chi connectivity index (χ0v) is 9.22. The van der Waals surface area contributed by atoms with E-state index in [1.807, 2.05) is 6.07 Å². The average Bonchev–Trinajstić information content (AvgIpc) is 2.61. The molecule has 3 N–H and O–H groups in total. The number of aromatic amines is 1. The van der Waals surface area contributed by atoms with Gasteiger partial charge in [-0.15, -0.1) is 0 Å². The summed E-state index contributed by atoms with van der Waals surface area (Å²) in [5.74, 6) is 0. The molecule has 0 aliphatic carbocycles. The van der Waals surface area contributed by atoms with E-state index in [0.29, 0.717) is 5.15 Å². The quantitative estimate of drug-likeness (QED) is 0.783. The van der Waals surface area contributed by atoms with Crippen molar-refractivity contribution < 1.29 is 0 Å². The van der Waals surface area contributed by atoms with Gasteiger partial charge in [-0.1, -0.05) is 17.7 Å². The first kappa shape index (κ1) is 10.5. The van der Waals surface area contributed by atoms with Crippen LogP contribution in [0.2, 0.25) is 5.15 Å². The lowest BCUT2D eigenvalue weighted by molar-refractivity contribution is 0.745. The number of hydrogen-bond donors (Lipinski definition) is 2. The lowest BCUT2D eigenvalue weighted by Gasteiger charge is -2.00. The van der Waals surface area contributed by atoms with Crippen molar-refractivity contribution in [2.75, 3.05) is 6.54 Å². The molecule has 1 heterocycles. The Morgan fingerprint density at radius 1 is 1.33 bits per heavy atom. The predicted molar refractivity (Wildman–Crippen MR) is 63.1 cm³/mol. The molecule has 4 heteroatoms. The van der Waals surface area contributed by atoms with Crippen LogP contribution < -0.4 is 5.73 Å². The lowest BCUT2D eigenvalue weighted by atomic mass is 10.1. The molecular formula is C11H14ClN3. The number of nitrogens with one attached hydrogen (secondary N) is 1. The molecule has 0 aliphatic rings. The minimum Gasteiger partial charge on any atom is -0.330 e. The third-order valence-electron chi connectivity index (χ3n) is 2.49. The van der Waals surface area contributed by atoms with E-state index in [0.717, 1.165) is 36.7 Å². The lowest BCUT2D eigenvalue weighted by Crippen LogP contribution is -1.98. The molecule has 1 aromatic heterocycles. The topological polar surface area (TPSA) is 54.7 Å². The first-order valence-corrected chi connectivity index (χ1v) is 5.51. The van der Waals surface area contributed by atoms with Gasteiger partial charge in [0.05, 0.1) is 5.52 Å². The minimum atomic E-state index is 0.610. The highest BCUT2D eigenvalue weighted by molar-refractivity contribution is 6.34. The predicted octanol–water partition coefficient (Wildman–Crippen LogP) is 2.50. The monoisotopic (exact) mass is 223 g/mol. The normalized spacial score (nSPS) is 11.1. The molecule has 0 bridgehead atoms. The molecule has 0 amide bonds. The van der Waals surface area contributed by atoms with E-state index in [1.54, 1.807) is 0 Å². The summed E-state index contributed by atoms with van der Waals surface area (Å²) in [7, 11) is 0. The summed E-state index contributed by atoms with van der Waals surface area (Å²) in [6.45, 7) is 0.760. The highest BCUT2D eigenvalue weighted by Crippen LogP contribution is 2.21. The molecule has 0 aliphatic heterocycles. The van der Waals surface area contributed by atoms with Crippen LogP contribution >= 0.6 is 11.6 Å². The van der Waals surface area contributed by atoms with Gasteiger partial charge in [0.15, 0.2) is 0 Å². The molecule has 2 aromatic rings. The summed E-state index contributed by atoms with van der Waals surface area (Å²) in [5, 5.41) is 8.49. The van der Waals surface area contributed by atoms with Crippen molar-refractivity contribution in [2.24, 2.45) is 5.73 Å². The average molecular weight is 224 g/mol. The first-order chi connectivity index (χ1) is 7.31. The summed E-state index contributed by atoms with van der Waals surface area (Å²) in [4.78, 5) is 0. The maximum Gasteiger partial charge on any atom is 0.132 e. The van der Waals surface area contributed by atoms with Gasteiger partial charge in [-0.25, -0.2) is 0 Å². The van der Waals surface area contributed by atoms with Gasteiger partial charge in [0.1, 0.15) is 5.15 Å². The SMILES string of the molecule is NCCCCc1ccc2c(Cl)[nH]nc2c1. The number of nitrogens with two attached hydrogens (primary N) is 1. The Kier molecular flexibility index (Phi) is 3.23. The third kappa shape index (κ3) is 2.30. The van der Waals surface area contributed by atoms with Crippen LogP contribution in [-0.4, -0.2) is 16.7 Å². The number of aryl methyl sites for hydroxylation is 1. The zero-order chi connectivity index (χ0) is 10.7. The largest absolute Gasteiger partial charge is 0.330 e. The second kappa shape index (κ2) is 4.64. The number of unbranched alkanes of at least 4 members (excludes halogenated alkanes) is 1. The number of halogens is 1. The number of hydrogen-bond acceptors (Lipinski definition) is 2. The van der Waals surface area contributed by atoms with Gasteiger partial charge >= 0.3 is 0 Å². The molecule has 0 saturated heterocycles. The van der Waals surface area contributed by atoms with Crippen molar-refractivity contribution in [1.82, 2.24) is 10.2 Å². The zero-order valence-electron chi connectivity index (χ0n) is 8.46. The van der Waals surface area contributed by atoms with Crippen LogP contribution in [0.4, 0.5) is 0 Å². The van der Waals surface area contributed by atoms with Gasteiger partial charge in [0, 0.05) is 5.39 Å². The Morgan fingerprint density at radius 3 is 3.00 bits per heavy atom. The molecule has 0 saturated carbocycles. The number of fused-ring (bicyclic) bond motifs is 1. The molecular weight excluding hydrogens is 210 g/mol. The highest BCUT2D eigenvalue weighted by atomic mass is 35.5. The summed E-state index contributed by atoms with van der Waals surface area (Å²) in [6.07, 6.45) is 3.25. The minimum absolute atomic E-state index is 0.610. The van der Waals surface area contributed by atoms with Gasteiger partial charge < -0.3 is 5.73 Å². The van der Waals surface area contributed by atoms with Gasteiger partial charge in [-0.3, -0.25) is 5.10 Å². The summed E-state index contributed by atoms with van der Waals surface area (Å²) in [6, 6.07) is 6.19. The number of benzene rings is 1. The van der Waals surface area contributed by atoms with Gasteiger partial charge in [0.25, 0.3) is 0 Å². The number of nitrogens with zero attached hydrogens (tertiary/aromatic N) is 1. The van der Waals surface area contributed by atoms with Crippen molar-refractivity contribution in [3.63, 3.8) is 0 Å². The van der Waals surface area contributed by atoms with E-state index >= 15 is 0 Å². The van der Waals surface area contributed by atoms with E-state index in [1.165, 1.54) is 5.56 Å². The summed E-state index contributed by atoms with van der Waals surface area (Å²) in [5.41, 5.74) is 7.68. The van der Waals surface area contributed by atoms with Crippen LogP contribution in [0.3, 0.4) is 0 Å². The smallest absolute Gasteiger partial charge is 0.132 e. The first-order valence-electron chi connectivity index (χ1n) is 5.14. The van der Waals surface area contributed by atoms with E-state index < -0.39 is 0 Å². The molecule has 1 aromatic carbocycles. The number of aromatic nitrogens is 2.